The van der Waals surface area contributed by atoms with Crippen LogP contribution in [0.1, 0.15) is 51.8 Å². The Morgan fingerprint density at radius 3 is 2.41 bits per heavy atom. The number of amides is 1. The summed E-state index contributed by atoms with van der Waals surface area (Å²) in [6, 6.07) is 11.0. The Bertz CT molecular complexity index is 1110. The molecule has 3 rings (SSSR count). The highest BCUT2D eigenvalue weighted by atomic mass is 16.5. The summed E-state index contributed by atoms with van der Waals surface area (Å²) in [5.74, 6) is -1.02. The van der Waals surface area contributed by atoms with Crippen LogP contribution in [-0.4, -0.2) is 18.5 Å². The zero-order valence-electron chi connectivity index (χ0n) is 16.7. The second kappa shape index (κ2) is 8.73. The van der Waals surface area contributed by atoms with E-state index in [1.807, 2.05) is 20.8 Å². The van der Waals surface area contributed by atoms with Gasteiger partial charge in [-0.2, -0.15) is 0 Å². The molecule has 0 spiro atoms. The number of hydrogen-bond acceptors (Lipinski definition) is 5. The molecule has 0 aliphatic rings. The van der Waals surface area contributed by atoms with Crippen molar-refractivity contribution >= 4 is 28.5 Å². The van der Waals surface area contributed by atoms with Gasteiger partial charge in [-0.05, 0) is 67.8 Å². The summed E-state index contributed by atoms with van der Waals surface area (Å²) in [5.41, 5.74) is 2.93. The maximum Gasteiger partial charge on any atom is 0.338 e. The molecule has 29 heavy (non-hydrogen) atoms. The number of fused-ring (bicyclic) bond motifs is 1. The van der Waals surface area contributed by atoms with Crippen molar-refractivity contribution in [3.8, 4) is 0 Å². The Morgan fingerprint density at radius 2 is 1.72 bits per heavy atom. The molecule has 0 unspecified atom stereocenters. The van der Waals surface area contributed by atoms with E-state index in [-0.39, 0.29) is 11.2 Å². The van der Waals surface area contributed by atoms with E-state index in [4.69, 9.17) is 9.15 Å². The third-order valence-corrected chi connectivity index (χ3v) is 4.68. The quantitative estimate of drug-likeness (QED) is 0.488. The molecule has 1 N–H and O–H groups in total. The van der Waals surface area contributed by atoms with Gasteiger partial charge < -0.3 is 14.5 Å². The predicted octanol–water partition coefficient (Wildman–Crippen LogP) is 4.62. The van der Waals surface area contributed by atoms with Crippen LogP contribution < -0.4 is 10.7 Å². The molecule has 6 heteroatoms. The SMILES string of the molecule is CCCCOC(=O)c1ccc(NC(=O)c2cc(=O)c3cc(C)c(C)cc3o2)cc1. The molecule has 1 amide bonds. The lowest BCUT2D eigenvalue weighted by Gasteiger charge is -2.08. The number of aryl methyl sites for hydroxylation is 2. The number of rotatable bonds is 6. The van der Waals surface area contributed by atoms with Crippen molar-refractivity contribution in [1.82, 2.24) is 0 Å². The molecule has 0 saturated heterocycles. The highest BCUT2D eigenvalue weighted by molar-refractivity contribution is 6.03. The topological polar surface area (TPSA) is 85.6 Å². The molecule has 2 aromatic carbocycles. The molecular weight excluding hydrogens is 370 g/mol. The van der Waals surface area contributed by atoms with Crippen molar-refractivity contribution in [2.24, 2.45) is 0 Å². The second-order valence-corrected chi connectivity index (χ2v) is 6.93. The minimum Gasteiger partial charge on any atom is -0.462 e. The minimum atomic E-state index is -0.541. The molecular formula is C23H23NO5. The van der Waals surface area contributed by atoms with Crippen LogP contribution in [0.5, 0.6) is 0 Å². The van der Waals surface area contributed by atoms with E-state index in [0.717, 1.165) is 24.0 Å². The van der Waals surface area contributed by atoms with Gasteiger partial charge in [-0.3, -0.25) is 9.59 Å². The van der Waals surface area contributed by atoms with Crippen LogP contribution in [-0.2, 0) is 4.74 Å². The van der Waals surface area contributed by atoms with E-state index in [1.165, 1.54) is 6.07 Å². The third-order valence-electron chi connectivity index (χ3n) is 4.68. The third kappa shape index (κ3) is 4.71. The van der Waals surface area contributed by atoms with Crippen LogP contribution in [0.15, 0.2) is 51.7 Å². The van der Waals surface area contributed by atoms with E-state index in [0.29, 0.717) is 28.8 Å². The van der Waals surface area contributed by atoms with E-state index in [9.17, 15) is 14.4 Å². The van der Waals surface area contributed by atoms with Gasteiger partial charge in [0.25, 0.3) is 5.91 Å². The van der Waals surface area contributed by atoms with E-state index in [1.54, 1.807) is 36.4 Å². The highest BCUT2D eigenvalue weighted by Gasteiger charge is 2.14. The molecule has 6 nitrogen and oxygen atoms in total. The molecule has 0 fully saturated rings. The van der Waals surface area contributed by atoms with Gasteiger partial charge in [0.2, 0.25) is 0 Å². The average Bonchev–Trinajstić information content (AvgIpc) is 2.70. The Balaban J connectivity index is 1.75. The predicted molar refractivity (Wildman–Crippen MR) is 112 cm³/mol. The molecule has 1 heterocycles. The fourth-order valence-corrected chi connectivity index (χ4v) is 2.80. The van der Waals surface area contributed by atoms with Gasteiger partial charge in [0, 0.05) is 11.8 Å². The van der Waals surface area contributed by atoms with Gasteiger partial charge in [0.1, 0.15) is 5.58 Å². The molecule has 150 valence electrons. The number of unbranched alkanes of at least 4 members (excludes halogenated alkanes) is 1. The monoisotopic (exact) mass is 393 g/mol. The van der Waals surface area contributed by atoms with Gasteiger partial charge in [-0.15, -0.1) is 0 Å². The first kappa shape index (κ1) is 20.3. The lowest BCUT2D eigenvalue weighted by Crippen LogP contribution is -2.15. The Kier molecular flexibility index (Phi) is 6.12. The van der Waals surface area contributed by atoms with E-state index in [2.05, 4.69) is 5.32 Å². The summed E-state index contributed by atoms with van der Waals surface area (Å²) in [7, 11) is 0. The molecule has 0 aliphatic heterocycles. The smallest absolute Gasteiger partial charge is 0.338 e. The molecule has 3 aromatic rings. The lowest BCUT2D eigenvalue weighted by molar-refractivity contribution is 0.0499. The van der Waals surface area contributed by atoms with Crippen LogP contribution in [0.3, 0.4) is 0 Å². The lowest BCUT2D eigenvalue weighted by atomic mass is 10.1. The average molecular weight is 393 g/mol. The van der Waals surface area contributed by atoms with E-state index < -0.39 is 11.9 Å². The van der Waals surface area contributed by atoms with Gasteiger partial charge >= 0.3 is 5.97 Å². The maximum absolute atomic E-state index is 12.5. The molecule has 0 saturated carbocycles. The zero-order valence-corrected chi connectivity index (χ0v) is 16.7. The van der Waals surface area contributed by atoms with E-state index >= 15 is 0 Å². The van der Waals surface area contributed by atoms with Crippen molar-refractivity contribution < 1.29 is 18.7 Å². The number of esters is 1. The fourth-order valence-electron chi connectivity index (χ4n) is 2.80. The van der Waals surface area contributed by atoms with Crippen molar-refractivity contribution in [1.29, 1.82) is 0 Å². The number of nitrogens with one attached hydrogen (secondary N) is 1. The largest absolute Gasteiger partial charge is 0.462 e. The zero-order chi connectivity index (χ0) is 21.0. The molecule has 0 bridgehead atoms. The number of ether oxygens (including phenoxy) is 1. The van der Waals surface area contributed by atoms with Crippen LogP contribution in [0.25, 0.3) is 11.0 Å². The first-order chi connectivity index (χ1) is 13.9. The van der Waals surface area contributed by atoms with Crippen LogP contribution >= 0.6 is 0 Å². The standard InChI is InChI=1S/C23H23NO5/c1-4-5-10-28-23(27)16-6-8-17(9-7-16)24-22(26)21-13-19(25)18-11-14(2)15(3)12-20(18)29-21/h6-9,11-13H,4-5,10H2,1-3H3,(H,24,26). The van der Waals surface area contributed by atoms with Gasteiger partial charge in [0.05, 0.1) is 17.6 Å². The summed E-state index contributed by atoms with van der Waals surface area (Å²) in [4.78, 5) is 36.8. The van der Waals surface area contributed by atoms with Crippen LogP contribution in [0, 0.1) is 13.8 Å². The van der Waals surface area contributed by atoms with Crippen LogP contribution in [0.4, 0.5) is 5.69 Å². The first-order valence-electron chi connectivity index (χ1n) is 9.52. The van der Waals surface area contributed by atoms with Crippen molar-refractivity contribution in [2.75, 3.05) is 11.9 Å². The summed E-state index contributed by atoms with van der Waals surface area (Å²) < 4.78 is 10.8. The van der Waals surface area contributed by atoms with Crippen molar-refractivity contribution in [3.05, 3.63) is 75.1 Å². The van der Waals surface area contributed by atoms with Gasteiger partial charge in [-0.25, -0.2) is 4.79 Å². The Morgan fingerprint density at radius 1 is 1.03 bits per heavy atom. The van der Waals surface area contributed by atoms with Gasteiger partial charge in [0.15, 0.2) is 11.2 Å². The number of carbonyl (C=O) groups is 2. The van der Waals surface area contributed by atoms with Crippen molar-refractivity contribution in [3.63, 3.8) is 0 Å². The Hall–Kier alpha value is -3.41. The summed E-state index contributed by atoms with van der Waals surface area (Å²) in [6.07, 6.45) is 1.76. The normalized spacial score (nSPS) is 10.7. The number of hydrogen-bond donors (Lipinski definition) is 1. The second-order valence-electron chi connectivity index (χ2n) is 6.93. The fraction of sp³-hybridized carbons (Fsp3) is 0.261. The molecule has 1 aromatic heterocycles. The minimum absolute atomic E-state index is 0.0752. The number of anilines is 1. The first-order valence-corrected chi connectivity index (χ1v) is 9.52. The Labute approximate surface area is 168 Å². The molecule has 0 aliphatic carbocycles. The number of benzene rings is 2. The number of carbonyl (C=O) groups excluding carboxylic acids is 2. The summed E-state index contributed by atoms with van der Waals surface area (Å²) in [6.45, 7) is 6.23. The summed E-state index contributed by atoms with van der Waals surface area (Å²) >= 11 is 0. The van der Waals surface area contributed by atoms with Crippen molar-refractivity contribution in [2.45, 2.75) is 33.6 Å². The highest BCUT2D eigenvalue weighted by Crippen LogP contribution is 2.19. The molecule has 0 atom stereocenters. The maximum atomic E-state index is 12.5. The van der Waals surface area contributed by atoms with Crippen LogP contribution in [0.2, 0.25) is 0 Å². The molecule has 0 radical (unpaired) electrons. The summed E-state index contributed by atoms with van der Waals surface area (Å²) in [5, 5.41) is 3.11. The van der Waals surface area contributed by atoms with Gasteiger partial charge in [-0.1, -0.05) is 13.3 Å².